The first-order valence-electron chi connectivity index (χ1n) is 10.3. The van der Waals surface area contributed by atoms with E-state index in [1.165, 1.54) is 25.4 Å². The van der Waals surface area contributed by atoms with E-state index in [0.29, 0.717) is 37.5 Å². The topological polar surface area (TPSA) is 130 Å². The molecule has 2 aromatic rings. The Morgan fingerprint density at radius 2 is 1.88 bits per heavy atom. The summed E-state index contributed by atoms with van der Waals surface area (Å²) >= 11 is 0. The highest BCUT2D eigenvalue weighted by Crippen LogP contribution is 2.24. The monoisotopic (exact) mass is 536 g/mol. The number of benzene rings is 1. The van der Waals surface area contributed by atoms with Gasteiger partial charge in [-0.15, -0.1) is 24.8 Å². The van der Waals surface area contributed by atoms with E-state index in [9.17, 15) is 13.2 Å². The van der Waals surface area contributed by atoms with E-state index in [1.54, 1.807) is 29.7 Å². The summed E-state index contributed by atoms with van der Waals surface area (Å²) in [5.74, 6) is -0.0355. The van der Waals surface area contributed by atoms with Crippen LogP contribution in [0.4, 0.5) is 0 Å². The van der Waals surface area contributed by atoms with Crippen molar-refractivity contribution in [2.45, 2.75) is 28.9 Å². The maximum absolute atomic E-state index is 13.2. The van der Waals surface area contributed by atoms with E-state index in [2.05, 4.69) is 15.2 Å². The zero-order valence-corrected chi connectivity index (χ0v) is 21.1. The smallest absolute Gasteiger partial charge is 0.260 e. The number of hydrogen-bond donors (Lipinski definition) is 3. The molecule has 1 aromatic carbocycles. The first kappa shape index (κ1) is 30.0. The maximum atomic E-state index is 13.2. The molecule has 1 fully saturated rings. The summed E-state index contributed by atoms with van der Waals surface area (Å²) in [6.45, 7) is 3.57. The van der Waals surface area contributed by atoms with E-state index in [4.69, 9.17) is 14.7 Å². The van der Waals surface area contributed by atoms with Gasteiger partial charge >= 0.3 is 0 Å². The molecule has 0 saturated carbocycles. The van der Waals surface area contributed by atoms with Crippen LogP contribution in [0.15, 0.2) is 52.5 Å². The number of ether oxygens (including phenoxy) is 2. The zero-order chi connectivity index (χ0) is 23.0. The Hall–Kier alpha value is -1.99. The van der Waals surface area contributed by atoms with Crippen molar-refractivity contribution in [2.75, 3.05) is 40.0 Å². The number of sulfone groups is 1. The number of nitrogens with one attached hydrogen (secondary N) is 2. The SMILES string of the molecule is COc1ccc(S(=O)(=O)c2ncccc2CNC(CCN2CCOCC2)C(=O)NO)cc1.Cl.Cl. The van der Waals surface area contributed by atoms with E-state index in [1.807, 2.05) is 0 Å². The summed E-state index contributed by atoms with van der Waals surface area (Å²) in [5, 5.41) is 12.1. The van der Waals surface area contributed by atoms with Gasteiger partial charge in [0.25, 0.3) is 5.91 Å². The van der Waals surface area contributed by atoms with Gasteiger partial charge in [0.1, 0.15) is 5.75 Å². The second-order valence-corrected chi connectivity index (χ2v) is 9.16. The van der Waals surface area contributed by atoms with Crippen molar-refractivity contribution in [1.29, 1.82) is 0 Å². The number of halogens is 2. The van der Waals surface area contributed by atoms with Gasteiger partial charge < -0.3 is 14.8 Å². The predicted molar refractivity (Wildman–Crippen MR) is 130 cm³/mol. The van der Waals surface area contributed by atoms with Crippen molar-refractivity contribution >= 4 is 40.6 Å². The molecule has 1 amide bonds. The predicted octanol–water partition coefficient (Wildman–Crippen LogP) is 1.45. The van der Waals surface area contributed by atoms with Gasteiger partial charge in [-0.1, -0.05) is 6.07 Å². The number of hydrogen-bond acceptors (Lipinski definition) is 9. The molecule has 1 aromatic heterocycles. The van der Waals surface area contributed by atoms with Crippen molar-refractivity contribution < 1.29 is 27.9 Å². The number of hydroxylamine groups is 1. The van der Waals surface area contributed by atoms with Crippen molar-refractivity contribution in [3.05, 3.63) is 48.2 Å². The van der Waals surface area contributed by atoms with Crippen molar-refractivity contribution in [2.24, 2.45) is 0 Å². The number of methoxy groups -OCH3 is 1. The minimum atomic E-state index is -3.88. The van der Waals surface area contributed by atoms with E-state index in [0.717, 1.165) is 13.1 Å². The Labute approximate surface area is 211 Å². The molecule has 0 radical (unpaired) electrons. The molecule has 0 spiro atoms. The number of carbonyl (C=O) groups excluding carboxylic acids is 1. The lowest BCUT2D eigenvalue weighted by molar-refractivity contribution is -0.131. The van der Waals surface area contributed by atoms with Crippen LogP contribution in [0.2, 0.25) is 0 Å². The fourth-order valence-corrected chi connectivity index (χ4v) is 4.84. The average molecular weight is 537 g/mol. The Kier molecular flexibility index (Phi) is 12.7. The summed E-state index contributed by atoms with van der Waals surface area (Å²) < 4.78 is 36.7. The molecule has 1 saturated heterocycles. The van der Waals surface area contributed by atoms with Crippen LogP contribution >= 0.6 is 24.8 Å². The molecule has 1 atom stereocenters. The van der Waals surface area contributed by atoms with Crippen LogP contribution in [0.3, 0.4) is 0 Å². The molecule has 190 valence electrons. The summed E-state index contributed by atoms with van der Waals surface area (Å²) in [6, 6.07) is 8.64. The molecule has 34 heavy (non-hydrogen) atoms. The Morgan fingerprint density at radius 3 is 2.50 bits per heavy atom. The number of morpholine rings is 1. The number of rotatable bonds is 10. The second-order valence-electron chi connectivity index (χ2n) is 7.30. The third-order valence-corrected chi connectivity index (χ3v) is 7.05. The normalized spacial score (nSPS) is 14.9. The van der Waals surface area contributed by atoms with Gasteiger partial charge in [-0.3, -0.25) is 14.9 Å². The van der Waals surface area contributed by atoms with Crippen molar-refractivity contribution in [1.82, 2.24) is 20.7 Å². The van der Waals surface area contributed by atoms with Gasteiger partial charge in [0.15, 0.2) is 5.03 Å². The summed E-state index contributed by atoms with van der Waals surface area (Å²) in [4.78, 5) is 18.5. The molecular formula is C21H30Cl2N4O6S. The number of nitrogens with zero attached hydrogens (tertiary/aromatic N) is 2. The zero-order valence-electron chi connectivity index (χ0n) is 18.7. The molecule has 2 heterocycles. The van der Waals surface area contributed by atoms with Crippen LogP contribution in [0.5, 0.6) is 5.75 Å². The molecule has 3 N–H and O–H groups in total. The van der Waals surface area contributed by atoms with E-state index >= 15 is 0 Å². The highest BCUT2D eigenvalue weighted by Gasteiger charge is 2.25. The second kappa shape index (κ2) is 14.4. The van der Waals surface area contributed by atoms with Gasteiger partial charge in [0, 0.05) is 37.9 Å². The fraction of sp³-hybridized carbons (Fsp3) is 0.429. The lowest BCUT2D eigenvalue weighted by Crippen LogP contribution is -2.46. The maximum Gasteiger partial charge on any atom is 0.260 e. The number of aromatic nitrogens is 1. The third kappa shape index (κ3) is 7.77. The summed E-state index contributed by atoms with van der Waals surface area (Å²) in [7, 11) is -2.37. The molecule has 1 unspecified atom stereocenters. The number of pyridine rings is 1. The first-order chi connectivity index (χ1) is 15.5. The van der Waals surface area contributed by atoms with Gasteiger partial charge in [0.2, 0.25) is 9.84 Å². The minimum absolute atomic E-state index is 0. The van der Waals surface area contributed by atoms with Crippen LogP contribution in [0.1, 0.15) is 12.0 Å². The highest BCUT2D eigenvalue weighted by atomic mass is 35.5. The van der Waals surface area contributed by atoms with Crippen LogP contribution in [0.25, 0.3) is 0 Å². The van der Waals surface area contributed by atoms with Gasteiger partial charge in [-0.25, -0.2) is 18.9 Å². The Bertz CT molecular complexity index is 1000. The van der Waals surface area contributed by atoms with Crippen LogP contribution < -0.4 is 15.5 Å². The molecule has 13 heteroatoms. The lowest BCUT2D eigenvalue weighted by Gasteiger charge is -2.28. The third-order valence-electron chi connectivity index (χ3n) is 5.28. The number of carbonyl (C=O) groups is 1. The molecular weight excluding hydrogens is 507 g/mol. The average Bonchev–Trinajstić information content (AvgIpc) is 2.84. The number of amides is 1. The Morgan fingerprint density at radius 1 is 1.21 bits per heavy atom. The molecule has 0 aliphatic carbocycles. The van der Waals surface area contributed by atoms with E-state index in [-0.39, 0.29) is 41.3 Å². The molecule has 1 aliphatic heterocycles. The Balaban J connectivity index is 0.00000289. The molecule has 3 rings (SSSR count). The van der Waals surface area contributed by atoms with Gasteiger partial charge in [-0.05, 0) is 36.8 Å². The van der Waals surface area contributed by atoms with E-state index < -0.39 is 21.8 Å². The van der Waals surface area contributed by atoms with Gasteiger partial charge in [-0.2, -0.15) is 0 Å². The van der Waals surface area contributed by atoms with Crippen LogP contribution in [-0.4, -0.2) is 75.4 Å². The molecule has 1 aliphatic rings. The summed E-state index contributed by atoms with van der Waals surface area (Å²) in [5.41, 5.74) is 2.10. The van der Waals surface area contributed by atoms with Crippen LogP contribution in [-0.2, 0) is 25.9 Å². The largest absolute Gasteiger partial charge is 0.497 e. The fourth-order valence-electron chi connectivity index (χ4n) is 3.44. The van der Waals surface area contributed by atoms with Gasteiger partial charge in [0.05, 0.1) is 31.3 Å². The standard InChI is InChI=1S/C21H28N4O6S.2ClH/c1-30-17-4-6-18(7-5-17)32(28,29)21-16(3-2-9-22-21)15-23-19(20(26)24-27)8-10-25-11-13-31-14-12-25;;/h2-7,9,19,23,27H,8,10-15H2,1H3,(H,24,26);2*1H. The molecule has 10 nitrogen and oxygen atoms in total. The molecule has 0 bridgehead atoms. The first-order valence-corrected chi connectivity index (χ1v) is 11.7. The highest BCUT2D eigenvalue weighted by molar-refractivity contribution is 7.91. The quantitative estimate of drug-likeness (QED) is 0.305. The van der Waals surface area contributed by atoms with Crippen molar-refractivity contribution in [3.63, 3.8) is 0 Å². The van der Waals surface area contributed by atoms with Crippen molar-refractivity contribution in [3.8, 4) is 5.75 Å². The summed E-state index contributed by atoms with van der Waals surface area (Å²) in [6.07, 6.45) is 1.85. The minimum Gasteiger partial charge on any atom is -0.497 e. The van der Waals surface area contributed by atoms with Crippen LogP contribution in [0, 0.1) is 0 Å². The lowest BCUT2D eigenvalue weighted by atomic mass is 10.1.